The zero-order valence-corrected chi connectivity index (χ0v) is 13.1. The number of likely N-dealkylation sites (tertiary alicyclic amines) is 1. The van der Waals surface area contributed by atoms with Crippen molar-refractivity contribution in [3.8, 4) is 0 Å². The van der Waals surface area contributed by atoms with E-state index >= 15 is 0 Å². The van der Waals surface area contributed by atoms with Gasteiger partial charge in [0.1, 0.15) is 6.26 Å². The fraction of sp³-hybridized carbons (Fsp3) is 0.389. The highest BCUT2D eigenvalue weighted by Gasteiger charge is 2.23. The first kappa shape index (κ1) is 15.8. The van der Waals surface area contributed by atoms with Gasteiger partial charge in [-0.3, -0.25) is 4.79 Å². The van der Waals surface area contributed by atoms with Crippen LogP contribution in [0.1, 0.15) is 34.3 Å². The quantitative estimate of drug-likeness (QED) is 0.887. The van der Waals surface area contributed by atoms with Gasteiger partial charge in [-0.15, -0.1) is 0 Å². The van der Waals surface area contributed by atoms with Crippen molar-refractivity contribution in [3.05, 3.63) is 59.5 Å². The Kier molecular flexibility index (Phi) is 5.10. The number of nitrogens with zero attached hydrogens (tertiary/aromatic N) is 1. The third kappa shape index (κ3) is 3.81. The number of amides is 1. The van der Waals surface area contributed by atoms with Crippen LogP contribution in [0, 0.1) is 0 Å². The third-order valence-electron chi connectivity index (χ3n) is 4.42. The molecule has 1 aliphatic rings. The lowest BCUT2D eigenvalue weighted by molar-refractivity contribution is 0.0704. The zero-order valence-electron chi connectivity index (χ0n) is 13.1. The summed E-state index contributed by atoms with van der Waals surface area (Å²) in [6.07, 6.45) is 4.90. The van der Waals surface area contributed by atoms with Crippen LogP contribution < -0.4 is 5.32 Å². The molecule has 1 saturated heterocycles. The maximum Gasteiger partial charge on any atom is 0.257 e. The number of hydrogen-bond donors (Lipinski definition) is 2. The molecule has 0 unspecified atom stereocenters. The zero-order chi connectivity index (χ0) is 16.1. The number of aliphatic hydroxyl groups excluding tert-OH is 1. The number of carbonyl (C=O) groups is 1. The molecule has 1 amide bonds. The SMILES string of the molecule is O=C(c1ccoc1)N1CCC(NCc2ccccc2CO)CC1. The molecule has 5 heteroatoms. The lowest BCUT2D eigenvalue weighted by atomic mass is 10.0. The van der Waals surface area contributed by atoms with E-state index in [1.54, 1.807) is 6.07 Å². The lowest BCUT2D eigenvalue weighted by Gasteiger charge is -2.32. The van der Waals surface area contributed by atoms with Crippen LogP contribution in [0.2, 0.25) is 0 Å². The van der Waals surface area contributed by atoms with Crippen molar-refractivity contribution < 1.29 is 14.3 Å². The molecular formula is C18H22N2O3. The summed E-state index contributed by atoms with van der Waals surface area (Å²) in [6, 6.07) is 10.0. The minimum Gasteiger partial charge on any atom is -0.472 e. The smallest absolute Gasteiger partial charge is 0.257 e. The van der Waals surface area contributed by atoms with Gasteiger partial charge in [-0.25, -0.2) is 0 Å². The minimum absolute atomic E-state index is 0.0443. The fourth-order valence-corrected chi connectivity index (χ4v) is 2.99. The van der Waals surface area contributed by atoms with E-state index in [0.717, 1.165) is 43.6 Å². The van der Waals surface area contributed by atoms with Crippen molar-refractivity contribution >= 4 is 5.91 Å². The predicted octanol–water partition coefficient (Wildman–Crippen LogP) is 2.17. The molecule has 0 saturated carbocycles. The van der Waals surface area contributed by atoms with Crippen LogP contribution in [-0.4, -0.2) is 35.0 Å². The van der Waals surface area contributed by atoms with Crippen molar-refractivity contribution in [2.75, 3.05) is 13.1 Å². The lowest BCUT2D eigenvalue weighted by Crippen LogP contribution is -2.44. The summed E-state index contributed by atoms with van der Waals surface area (Å²) in [5, 5.41) is 12.9. The molecule has 1 aliphatic heterocycles. The van der Waals surface area contributed by atoms with Crippen molar-refractivity contribution in [1.29, 1.82) is 0 Å². The number of nitrogens with one attached hydrogen (secondary N) is 1. The summed E-state index contributed by atoms with van der Waals surface area (Å²) in [4.78, 5) is 14.1. The molecule has 3 rings (SSSR count). The van der Waals surface area contributed by atoms with E-state index in [0.29, 0.717) is 11.6 Å². The maximum atomic E-state index is 12.2. The monoisotopic (exact) mass is 314 g/mol. The molecule has 1 aromatic carbocycles. The molecule has 1 aromatic heterocycles. The molecule has 0 atom stereocenters. The number of hydrogen-bond acceptors (Lipinski definition) is 4. The van der Waals surface area contributed by atoms with Crippen molar-refractivity contribution in [3.63, 3.8) is 0 Å². The number of carbonyl (C=O) groups excluding carboxylic acids is 1. The number of rotatable bonds is 5. The van der Waals surface area contributed by atoms with Gasteiger partial charge in [0.25, 0.3) is 5.91 Å². The Morgan fingerprint density at radius 1 is 1.22 bits per heavy atom. The Morgan fingerprint density at radius 2 is 1.96 bits per heavy atom. The molecule has 0 aliphatic carbocycles. The van der Waals surface area contributed by atoms with Crippen molar-refractivity contribution in [1.82, 2.24) is 10.2 Å². The van der Waals surface area contributed by atoms with E-state index in [4.69, 9.17) is 4.42 Å². The summed E-state index contributed by atoms with van der Waals surface area (Å²) >= 11 is 0. The summed E-state index contributed by atoms with van der Waals surface area (Å²) in [5.74, 6) is 0.0443. The molecule has 2 N–H and O–H groups in total. The van der Waals surface area contributed by atoms with E-state index in [-0.39, 0.29) is 12.5 Å². The van der Waals surface area contributed by atoms with Gasteiger partial charge >= 0.3 is 0 Å². The second-order valence-electron chi connectivity index (χ2n) is 5.89. The molecule has 0 spiro atoms. The van der Waals surface area contributed by atoms with E-state index in [9.17, 15) is 9.90 Å². The molecule has 2 aromatic rings. The Balaban J connectivity index is 1.49. The van der Waals surface area contributed by atoms with Crippen LogP contribution in [-0.2, 0) is 13.2 Å². The van der Waals surface area contributed by atoms with E-state index in [1.807, 2.05) is 29.2 Å². The van der Waals surface area contributed by atoms with Crippen LogP contribution >= 0.6 is 0 Å². The first-order chi connectivity index (χ1) is 11.3. The number of furan rings is 1. The second-order valence-corrected chi connectivity index (χ2v) is 5.89. The Hall–Kier alpha value is -2.11. The molecular weight excluding hydrogens is 292 g/mol. The number of piperidine rings is 1. The maximum absolute atomic E-state index is 12.2. The molecule has 0 bridgehead atoms. The van der Waals surface area contributed by atoms with Crippen LogP contribution in [0.4, 0.5) is 0 Å². The average molecular weight is 314 g/mol. The Bertz CT molecular complexity index is 631. The first-order valence-electron chi connectivity index (χ1n) is 8.00. The summed E-state index contributed by atoms with van der Waals surface area (Å²) < 4.78 is 4.98. The van der Waals surface area contributed by atoms with Gasteiger partial charge in [0.2, 0.25) is 0 Å². The van der Waals surface area contributed by atoms with Crippen LogP contribution in [0.3, 0.4) is 0 Å². The van der Waals surface area contributed by atoms with Gasteiger partial charge in [-0.1, -0.05) is 24.3 Å². The highest BCUT2D eigenvalue weighted by molar-refractivity contribution is 5.93. The molecule has 23 heavy (non-hydrogen) atoms. The molecule has 1 fully saturated rings. The minimum atomic E-state index is 0.0443. The Morgan fingerprint density at radius 3 is 2.61 bits per heavy atom. The summed E-state index contributed by atoms with van der Waals surface area (Å²) in [7, 11) is 0. The normalized spacial score (nSPS) is 15.8. The van der Waals surface area contributed by atoms with Gasteiger partial charge in [0, 0.05) is 25.7 Å². The number of aliphatic hydroxyl groups is 1. The highest BCUT2D eigenvalue weighted by Crippen LogP contribution is 2.16. The highest BCUT2D eigenvalue weighted by atomic mass is 16.3. The van der Waals surface area contributed by atoms with Crippen molar-refractivity contribution in [2.24, 2.45) is 0 Å². The second kappa shape index (κ2) is 7.44. The number of benzene rings is 1. The van der Waals surface area contributed by atoms with Crippen LogP contribution in [0.15, 0.2) is 47.3 Å². The van der Waals surface area contributed by atoms with E-state index in [2.05, 4.69) is 5.32 Å². The third-order valence-corrected chi connectivity index (χ3v) is 4.42. The predicted molar refractivity (Wildman–Crippen MR) is 86.8 cm³/mol. The Labute approximate surface area is 135 Å². The summed E-state index contributed by atoms with van der Waals surface area (Å²) in [6.45, 7) is 2.32. The molecule has 122 valence electrons. The van der Waals surface area contributed by atoms with Gasteiger partial charge in [0.15, 0.2) is 0 Å². The first-order valence-corrected chi connectivity index (χ1v) is 8.00. The molecule has 0 radical (unpaired) electrons. The van der Waals surface area contributed by atoms with Gasteiger partial charge in [0.05, 0.1) is 18.4 Å². The largest absolute Gasteiger partial charge is 0.472 e. The van der Waals surface area contributed by atoms with Gasteiger partial charge < -0.3 is 19.7 Å². The van der Waals surface area contributed by atoms with Gasteiger partial charge in [-0.2, -0.15) is 0 Å². The van der Waals surface area contributed by atoms with Crippen molar-refractivity contribution in [2.45, 2.75) is 32.0 Å². The van der Waals surface area contributed by atoms with Crippen LogP contribution in [0.5, 0.6) is 0 Å². The van der Waals surface area contributed by atoms with Crippen LogP contribution in [0.25, 0.3) is 0 Å². The van der Waals surface area contributed by atoms with E-state index < -0.39 is 0 Å². The van der Waals surface area contributed by atoms with E-state index in [1.165, 1.54) is 12.5 Å². The molecule has 2 heterocycles. The average Bonchev–Trinajstić information content (AvgIpc) is 3.14. The standard InChI is InChI=1S/C18H22N2O3/c21-12-15-4-2-1-3-14(15)11-19-17-5-8-20(9-6-17)18(22)16-7-10-23-13-16/h1-4,7,10,13,17,19,21H,5-6,8-9,11-12H2. The summed E-state index contributed by atoms with van der Waals surface area (Å²) in [5.41, 5.74) is 2.72. The molecule has 5 nitrogen and oxygen atoms in total. The van der Waals surface area contributed by atoms with Gasteiger partial charge in [-0.05, 0) is 30.0 Å². The topological polar surface area (TPSA) is 65.7 Å². The fourth-order valence-electron chi connectivity index (χ4n) is 2.99.